The zero-order valence-corrected chi connectivity index (χ0v) is 11.0. The third-order valence-electron chi connectivity index (χ3n) is 2.42. The summed E-state index contributed by atoms with van der Waals surface area (Å²) in [6.07, 6.45) is 0. The third-order valence-corrected chi connectivity index (χ3v) is 2.42. The summed E-state index contributed by atoms with van der Waals surface area (Å²) >= 11 is 0. The molecular weight excluding hydrogens is 238 g/mol. The van der Waals surface area contributed by atoms with E-state index in [4.69, 9.17) is 5.11 Å². The molecule has 0 bridgehead atoms. The summed E-state index contributed by atoms with van der Waals surface area (Å²) in [7, 11) is 0. The minimum Gasteiger partial charge on any atom is -0.480 e. The number of nitrogens with zero attached hydrogens (tertiary/aromatic N) is 1. The van der Waals surface area contributed by atoms with Gasteiger partial charge in [0, 0.05) is 26.6 Å². The molecule has 7 nitrogen and oxygen atoms in total. The van der Waals surface area contributed by atoms with Crippen molar-refractivity contribution in [3.8, 4) is 0 Å². The molecule has 2 amide bonds. The highest BCUT2D eigenvalue weighted by molar-refractivity contribution is 5.82. The minimum absolute atomic E-state index is 0.0158. The molecule has 0 saturated heterocycles. The van der Waals surface area contributed by atoms with Gasteiger partial charge in [0.2, 0.25) is 11.8 Å². The summed E-state index contributed by atoms with van der Waals surface area (Å²) in [5.41, 5.74) is 0. The van der Waals surface area contributed by atoms with Crippen LogP contribution in [0.15, 0.2) is 0 Å². The molecule has 0 spiro atoms. The summed E-state index contributed by atoms with van der Waals surface area (Å²) in [5, 5.41) is 13.9. The number of rotatable bonds is 8. The Morgan fingerprint density at radius 1 is 1.22 bits per heavy atom. The van der Waals surface area contributed by atoms with Crippen molar-refractivity contribution in [2.45, 2.75) is 26.8 Å². The third kappa shape index (κ3) is 6.19. The van der Waals surface area contributed by atoms with Crippen LogP contribution in [0.25, 0.3) is 0 Å². The molecule has 1 atom stereocenters. The maximum absolute atomic E-state index is 11.6. The van der Waals surface area contributed by atoms with Gasteiger partial charge in [0.1, 0.15) is 6.04 Å². The van der Waals surface area contributed by atoms with E-state index >= 15 is 0 Å². The van der Waals surface area contributed by atoms with Crippen molar-refractivity contribution in [3.63, 3.8) is 0 Å². The number of hydrogen-bond acceptors (Lipinski definition) is 4. The fourth-order valence-electron chi connectivity index (χ4n) is 1.46. The van der Waals surface area contributed by atoms with Gasteiger partial charge in [-0.15, -0.1) is 0 Å². The second kappa shape index (κ2) is 8.46. The van der Waals surface area contributed by atoms with Gasteiger partial charge in [-0.05, 0) is 13.8 Å². The summed E-state index contributed by atoms with van der Waals surface area (Å²) in [4.78, 5) is 34.8. The molecule has 3 N–H and O–H groups in total. The van der Waals surface area contributed by atoms with E-state index in [1.807, 2.05) is 13.8 Å². The normalized spacial score (nSPS) is 11.7. The first-order chi connectivity index (χ1) is 8.42. The van der Waals surface area contributed by atoms with Crippen LogP contribution in [0.3, 0.4) is 0 Å². The van der Waals surface area contributed by atoms with E-state index in [0.717, 1.165) is 0 Å². The van der Waals surface area contributed by atoms with Gasteiger partial charge in [-0.25, -0.2) is 4.79 Å². The number of amides is 2. The predicted molar refractivity (Wildman–Crippen MR) is 66.0 cm³/mol. The van der Waals surface area contributed by atoms with Crippen molar-refractivity contribution in [1.82, 2.24) is 15.5 Å². The van der Waals surface area contributed by atoms with Crippen LogP contribution in [0.1, 0.15) is 20.8 Å². The first-order valence-corrected chi connectivity index (χ1v) is 5.90. The zero-order valence-electron chi connectivity index (χ0n) is 11.0. The zero-order chi connectivity index (χ0) is 14.1. The van der Waals surface area contributed by atoms with Crippen molar-refractivity contribution in [2.24, 2.45) is 0 Å². The van der Waals surface area contributed by atoms with Gasteiger partial charge < -0.3 is 20.6 Å². The second-order valence-corrected chi connectivity index (χ2v) is 3.79. The van der Waals surface area contributed by atoms with E-state index in [-0.39, 0.29) is 19.0 Å². The van der Waals surface area contributed by atoms with E-state index in [1.54, 1.807) is 4.90 Å². The fourth-order valence-corrected chi connectivity index (χ4v) is 1.46. The van der Waals surface area contributed by atoms with Crippen molar-refractivity contribution in [1.29, 1.82) is 0 Å². The average Bonchev–Trinajstić information content (AvgIpc) is 2.28. The van der Waals surface area contributed by atoms with Crippen molar-refractivity contribution >= 4 is 17.8 Å². The van der Waals surface area contributed by atoms with Gasteiger partial charge in [0.25, 0.3) is 0 Å². The van der Waals surface area contributed by atoms with Crippen LogP contribution in [0, 0.1) is 0 Å². The molecule has 0 fully saturated rings. The van der Waals surface area contributed by atoms with Gasteiger partial charge in [-0.1, -0.05) is 0 Å². The molecule has 1 unspecified atom stereocenters. The van der Waals surface area contributed by atoms with Gasteiger partial charge >= 0.3 is 5.97 Å². The van der Waals surface area contributed by atoms with E-state index in [9.17, 15) is 14.4 Å². The van der Waals surface area contributed by atoms with E-state index in [1.165, 1.54) is 6.92 Å². The number of hydrogen-bond donors (Lipinski definition) is 3. The second-order valence-electron chi connectivity index (χ2n) is 3.79. The summed E-state index contributed by atoms with van der Waals surface area (Å²) in [6.45, 7) is 6.30. The van der Waals surface area contributed by atoms with Crippen LogP contribution in [-0.4, -0.2) is 60.0 Å². The van der Waals surface area contributed by atoms with Crippen molar-refractivity contribution in [2.75, 3.05) is 26.2 Å². The van der Waals surface area contributed by atoms with E-state index in [0.29, 0.717) is 13.1 Å². The van der Waals surface area contributed by atoms with Gasteiger partial charge in [-0.2, -0.15) is 0 Å². The van der Waals surface area contributed by atoms with Crippen molar-refractivity contribution in [3.05, 3.63) is 0 Å². The number of carboxylic acids is 1. The molecular formula is C11H21N3O4. The molecule has 0 aliphatic carbocycles. The highest BCUT2D eigenvalue weighted by Gasteiger charge is 2.18. The molecule has 0 heterocycles. The maximum atomic E-state index is 11.6. The maximum Gasteiger partial charge on any atom is 0.327 e. The van der Waals surface area contributed by atoms with Crippen LogP contribution in [0.2, 0.25) is 0 Å². The molecule has 7 heteroatoms. The molecule has 18 heavy (non-hydrogen) atoms. The molecule has 0 radical (unpaired) electrons. The summed E-state index contributed by atoms with van der Waals surface area (Å²) in [6, 6.07) is -1.02. The van der Waals surface area contributed by atoms with Crippen LogP contribution in [0.4, 0.5) is 0 Å². The van der Waals surface area contributed by atoms with Gasteiger partial charge in [0.15, 0.2) is 0 Å². The summed E-state index contributed by atoms with van der Waals surface area (Å²) < 4.78 is 0. The van der Waals surface area contributed by atoms with E-state index in [2.05, 4.69) is 10.6 Å². The molecule has 0 aromatic rings. The van der Waals surface area contributed by atoms with Gasteiger partial charge in [0.05, 0.1) is 6.54 Å². The lowest BCUT2D eigenvalue weighted by Gasteiger charge is -2.20. The molecule has 0 aromatic carbocycles. The lowest BCUT2D eigenvalue weighted by Crippen LogP contribution is -2.48. The number of carbonyl (C=O) groups excluding carboxylic acids is 2. The molecule has 0 rings (SSSR count). The Labute approximate surface area is 107 Å². The smallest absolute Gasteiger partial charge is 0.327 e. The molecule has 0 aliphatic rings. The quantitative estimate of drug-likeness (QED) is 0.521. The van der Waals surface area contributed by atoms with Crippen LogP contribution in [0.5, 0.6) is 0 Å². The first kappa shape index (κ1) is 16.4. The summed E-state index contributed by atoms with van der Waals surface area (Å²) in [5.74, 6) is -1.64. The number of aliphatic carboxylic acids is 1. The molecule has 0 saturated carbocycles. The Hall–Kier alpha value is -1.63. The standard InChI is InChI=1S/C11H21N3O4/c1-4-14(5-2)10(16)7-12-6-9(11(17)18)13-8(3)15/h9,12H,4-7H2,1-3H3,(H,13,15)(H,17,18). The SMILES string of the molecule is CCN(CC)C(=O)CNCC(NC(C)=O)C(=O)O. The number of nitrogens with one attached hydrogen (secondary N) is 2. The Balaban J connectivity index is 4.10. The Morgan fingerprint density at radius 2 is 1.78 bits per heavy atom. The Morgan fingerprint density at radius 3 is 2.17 bits per heavy atom. The van der Waals surface area contributed by atoms with Crippen LogP contribution >= 0.6 is 0 Å². The lowest BCUT2D eigenvalue weighted by atomic mass is 10.3. The lowest BCUT2D eigenvalue weighted by molar-refractivity contribution is -0.141. The van der Waals surface area contributed by atoms with E-state index < -0.39 is 17.9 Å². The molecule has 0 aromatic heterocycles. The molecule has 104 valence electrons. The molecule has 0 aliphatic heterocycles. The monoisotopic (exact) mass is 259 g/mol. The first-order valence-electron chi connectivity index (χ1n) is 5.90. The average molecular weight is 259 g/mol. The topological polar surface area (TPSA) is 98.7 Å². The minimum atomic E-state index is -1.13. The Bertz CT molecular complexity index is 303. The highest BCUT2D eigenvalue weighted by atomic mass is 16.4. The van der Waals surface area contributed by atoms with Gasteiger partial charge in [-0.3, -0.25) is 9.59 Å². The number of likely N-dealkylation sites (N-methyl/N-ethyl adjacent to an activating group) is 1. The van der Waals surface area contributed by atoms with Crippen LogP contribution < -0.4 is 10.6 Å². The number of carbonyl (C=O) groups is 3. The van der Waals surface area contributed by atoms with Crippen LogP contribution in [-0.2, 0) is 14.4 Å². The number of carboxylic acid groups (broad SMARTS) is 1. The highest BCUT2D eigenvalue weighted by Crippen LogP contribution is 1.88. The Kier molecular flexibility index (Phi) is 7.69. The largest absolute Gasteiger partial charge is 0.480 e. The fraction of sp³-hybridized carbons (Fsp3) is 0.727. The predicted octanol–water partition coefficient (Wildman–Crippen LogP) is -0.966. The van der Waals surface area contributed by atoms with Crippen molar-refractivity contribution < 1.29 is 19.5 Å².